The number of hydrogen-bond acceptors (Lipinski definition) is 2. The smallest absolute Gasteiger partial charge is 0.308 e. The van der Waals surface area contributed by atoms with E-state index in [0.29, 0.717) is 6.61 Å². The van der Waals surface area contributed by atoms with Gasteiger partial charge in [0.25, 0.3) is 0 Å². The van der Waals surface area contributed by atoms with Crippen LogP contribution < -0.4 is 0 Å². The highest BCUT2D eigenvalue weighted by Crippen LogP contribution is 2.03. The Morgan fingerprint density at radius 2 is 2.08 bits per heavy atom. The van der Waals surface area contributed by atoms with Gasteiger partial charge in [-0.15, -0.1) is 0 Å². The van der Waals surface area contributed by atoms with E-state index in [0.717, 1.165) is 12.8 Å². The van der Waals surface area contributed by atoms with Crippen molar-refractivity contribution in [2.45, 2.75) is 40.5 Å². The summed E-state index contributed by atoms with van der Waals surface area (Å²) in [5.41, 5.74) is 1.26. The van der Waals surface area contributed by atoms with Gasteiger partial charge in [0.1, 0.15) is 0 Å². The van der Waals surface area contributed by atoms with Crippen LogP contribution in [0.15, 0.2) is 11.6 Å². The lowest BCUT2D eigenvalue weighted by Gasteiger charge is -2.07. The molecule has 1 unspecified atom stereocenters. The van der Waals surface area contributed by atoms with Crippen molar-refractivity contribution in [2.75, 3.05) is 6.61 Å². The molecular weight excluding hydrogens is 164 g/mol. The quantitative estimate of drug-likeness (QED) is 0.373. The van der Waals surface area contributed by atoms with Gasteiger partial charge in [-0.25, -0.2) is 0 Å². The first-order valence-electron chi connectivity index (χ1n) is 4.88. The van der Waals surface area contributed by atoms with Crippen LogP contribution in [-0.4, -0.2) is 12.6 Å². The Hall–Kier alpha value is -0.790. The van der Waals surface area contributed by atoms with Crippen LogP contribution in [0.3, 0.4) is 0 Å². The lowest BCUT2D eigenvalue weighted by Crippen LogP contribution is -2.14. The van der Waals surface area contributed by atoms with Gasteiger partial charge in [-0.3, -0.25) is 4.79 Å². The van der Waals surface area contributed by atoms with Crippen LogP contribution >= 0.6 is 0 Å². The van der Waals surface area contributed by atoms with Crippen molar-refractivity contribution in [1.29, 1.82) is 0 Å². The Labute approximate surface area is 81.0 Å². The molecule has 13 heavy (non-hydrogen) atoms. The standard InChI is InChI=1S/C11H20O2/c1-5-10(4)11(12)13-8-6-7-9(2)3/h7,10H,5-6,8H2,1-4H3. The first kappa shape index (κ1) is 12.2. The largest absolute Gasteiger partial charge is 0.465 e. The highest BCUT2D eigenvalue weighted by Gasteiger charge is 2.10. The Morgan fingerprint density at radius 1 is 1.46 bits per heavy atom. The average Bonchev–Trinajstić information content (AvgIpc) is 2.10. The summed E-state index contributed by atoms with van der Waals surface area (Å²) in [5, 5.41) is 0. The molecule has 0 aromatic rings. The number of rotatable bonds is 5. The van der Waals surface area contributed by atoms with Crippen molar-refractivity contribution in [1.82, 2.24) is 0 Å². The third-order valence-corrected chi connectivity index (χ3v) is 1.93. The van der Waals surface area contributed by atoms with Crippen LogP contribution in [0.25, 0.3) is 0 Å². The molecular formula is C11H20O2. The lowest BCUT2D eigenvalue weighted by atomic mass is 10.1. The molecule has 0 heterocycles. The van der Waals surface area contributed by atoms with Gasteiger partial charge in [0.2, 0.25) is 0 Å². The molecule has 0 bridgehead atoms. The average molecular weight is 184 g/mol. The summed E-state index contributed by atoms with van der Waals surface area (Å²) in [4.78, 5) is 11.2. The molecule has 0 aromatic carbocycles. The Morgan fingerprint density at radius 3 is 2.54 bits per heavy atom. The number of hydrogen-bond donors (Lipinski definition) is 0. The first-order chi connectivity index (χ1) is 6.07. The molecule has 0 aliphatic carbocycles. The number of carbonyl (C=O) groups excluding carboxylic acids is 1. The highest BCUT2D eigenvalue weighted by atomic mass is 16.5. The van der Waals surface area contributed by atoms with Crippen LogP contribution in [0.1, 0.15) is 40.5 Å². The summed E-state index contributed by atoms with van der Waals surface area (Å²) in [6, 6.07) is 0. The van der Waals surface area contributed by atoms with Crippen molar-refractivity contribution < 1.29 is 9.53 Å². The topological polar surface area (TPSA) is 26.3 Å². The maximum Gasteiger partial charge on any atom is 0.308 e. The molecule has 0 rings (SSSR count). The molecule has 0 spiro atoms. The first-order valence-corrected chi connectivity index (χ1v) is 4.88. The van der Waals surface area contributed by atoms with Crippen LogP contribution in [0.2, 0.25) is 0 Å². The third kappa shape index (κ3) is 6.38. The minimum atomic E-state index is -0.0790. The maximum absolute atomic E-state index is 11.2. The molecule has 0 saturated carbocycles. The molecule has 2 heteroatoms. The number of esters is 1. The van der Waals surface area contributed by atoms with Gasteiger partial charge >= 0.3 is 5.97 Å². The predicted octanol–water partition coefficient (Wildman–Crippen LogP) is 2.93. The number of carbonyl (C=O) groups is 1. The monoisotopic (exact) mass is 184 g/mol. The third-order valence-electron chi connectivity index (χ3n) is 1.93. The predicted molar refractivity (Wildman–Crippen MR) is 54.5 cm³/mol. The molecule has 0 N–H and O–H groups in total. The Kier molecular flexibility index (Phi) is 6.29. The van der Waals surface area contributed by atoms with E-state index in [-0.39, 0.29) is 11.9 Å². The Balaban J connectivity index is 3.54. The second-order valence-corrected chi connectivity index (χ2v) is 3.55. The van der Waals surface area contributed by atoms with Gasteiger partial charge in [0.05, 0.1) is 12.5 Å². The van der Waals surface area contributed by atoms with Gasteiger partial charge in [0, 0.05) is 0 Å². The van der Waals surface area contributed by atoms with E-state index in [9.17, 15) is 4.79 Å². The molecule has 2 nitrogen and oxygen atoms in total. The molecule has 76 valence electrons. The molecule has 0 aromatic heterocycles. The zero-order valence-electron chi connectivity index (χ0n) is 9.09. The summed E-state index contributed by atoms with van der Waals surface area (Å²) in [6.45, 7) is 8.46. The van der Waals surface area contributed by atoms with Gasteiger partial charge < -0.3 is 4.74 Å². The van der Waals surface area contributed by atoms with Gasteiger partial charge in [-0.2, -0.15) is 0 Å². The summed E-state index contributed by atoms with van der Waals surface area (Å²) in [5.74, 6) is -0.0450. The zero-order chi connectivity index (χ0) is 10.3. The maximum atomic E-state index is 11.2. The van der Waals surface area contributed by atoms with E-state index in [1.807, 2.05) is 27.7 Å². The van der Waals surface area contributed by atoms with E-state index in [4.69, 9.17) is 4.74 Å². The number of allylic oxidation sites excluding steroid dienone is 1. The van der Waals surface area contributed by atoms with Gasteiger partial charge in [-0.1, -0.05) is 25.5 Å². The van der Waals surface area contributed by atoms with Crippen LogP contribution in [-0.2, 0) is 9.53 Å². The summed E-state index contributed by atoms with van der Waals surface area (Å²) >= 11 is 0. The van der Waals surface area contributed by atoms with E-state index < -0.39 is 0 Å². The van der Waals surface area contributed by atoms with Gasteiger partial charge in [0.15, 0.2) is 0 Å². The van der Waals surface area contributed by atoms with Crippen LogP contribution in [0.5, 0.6) is 0 Å². The van der Waals surface area contributed by atoms with Crippen molar-refractivity contribution in [3.8, 4) is 0 Å². The second kappa shape index (κ2) is 6.70. The normalized spacial score (nSPS) is 12.0. The lowest BCUT2D eigenvalue weighted by molar-refractivity contribution is -0.147. The van der Waals surface area contributed by atoms with E-state index >= 15 is 0 Å². The fourth-order valence-electron chi connectivity index (χ4n) is 0.816. The fraction of sp³-hybridized carbons (Fsp3) is 0.727. The molecule has 0 saturated heterocycles. The fourth-order valence-corrected chi connectivity index (χ4v) is 0.816. The molecule has 0 radical (unpaired) electrons. The highest BCUT2D eigenvalue weighted by molar-refractivity contribution is 5.71. The van der Waals surface area contributed by atoms with Crippen molar-refractivity contribution in [3.05, 3.63) is 11.6 Å². The molecule has 0 fully saturated rings. The summed E-state index contributed by atoms with van der Waals surface area (Å²) < 4.78 is 5.06. The van der Waals surface area contributed by atoms with Crippen molar-refractivity contribution in [2.24, 2.45) is 5.92 Å². The van der Waals surface area contributed by atoms with E-state index in [2.05, 4.69) is 6.08 Å². The van der Waals surface area contributed by atoms with E-state index in [1.165, 1.54) is 5.57 Å². The summed E-state index contributed by atoms with van der Waals surface area (Å²) in [6.07, 6.45) is 3.75. The van der Waals surface area contributed by atoms with Crippen molar-refractivity contribution >= 4 is 5.97 Å². The van der Waals surface area contributed by atoms with Crippen LogP contribution in [0, 0.1) is 5.92 Å². The van der Waals surface area contributed by atoms with Gasteiger partial charge in [-0.05, 0) is 26.7 Å². The minimum absolute atomic E-state index is 0.0340. The number of ether oxygens (including phenoxy) is 1. The second-order valence-electron chi connectivity index (χ2n) is 3.55. The molecule has 1 atom stereocenters. The van der Waals surface area contributed by atoms with Crippen molar-refractivity contribution in [3.63, 3.8) is 0 Å². The van der Waals surface area contributed by atoms with E-state index in [1.54, 1.807) is 0 Å². The minimum Gasteiger partial charge on any atom is -0.465 e. The summed E-state index contributed by atoms with van der Waals surface area (Å²) in [7, 11) is 0. The molecule has 0 amide bonds. The molecule has 0 aliphatic heterocycles. The van der Waals surface area contributed by atoms with Crippen LogP contribution in [0.4, 0.5) is 0 Å². The molecule has 0 aliphatic rings. The zero-order valence-corrected chi connectivity index (χ0v) is 9.09. The SMILES string of the molecule is CCC(C)C(=O)OCCC=C(C)C. The Bertz CT molecular complexity index is 179.